The number of carbonyl (C=O) groups is 1. The van der Waals surface area contributed by atoms with E-state index in [9.17, 15) is 9.90 Å². The van der Waals surface area contributed by atoms with Crippen molar-refractivity contribution in [3.05, 3.63) is 71.8 Å². The Bertz CT molecular complexity index is 813. The second-order valence-corrected chi connectivity index (χ2v) is 8.20. The Labute approximate surface area is 172 Å². The number of likely N-dealkylation sites (tertiary alicyclic amines) is 2. The molecule has 2 aromatic rings. The Hall–Kier alpha value is -2.21. The number of ether oxygens (including phenoxy) is 1. The van der Waals surface area contributed by atoms with Gasteiger partial charge < -0.3 is 9.84 Å². The van der Waals surface area contributed by atoms with Crippen LogP contribution in [0.5, 0.6) is 0 Å². The Morgan fingerprint density at radius 1 is 1.03 bits per heavy atom. The van der Waals surface area contributed by atoms with Gasteiger partial charge in [-0.05, 0) is 18.1 Å². The van der Waals surface area contributed by atoms with Crippen LogP contribution in [0.25, 0.3) is 0 Å². The van der Waals surface area contributed by atoms with E-state index in [2.05, 4.69) is 58.3 Å². The molecule has 3 atom stereocenters. The van der Waals surface area contributed by atoms with Crippen molar-refractivity contribution in [3.8, 4) is 0 Å². The summed E-state index contributed by atoms with van der Waals surface area (Å²) in [4.78, 5) is 17.5. The molecule has 2 aromatic carbocycles. The molecule has 0 bridgehead atoms. The van der Waals surface area contributed by atoms with Gasteiger partial charge in [0.1, 0.15) is 0 Å². The first-order valence-corrected chi connectivity index (χ1v) is 10.5. The molecule has 2 aliphatic heterocycles. The zero-order valence-corrected chi connectivity index (χ0v) is 17.0. The summed E-state index contributed by atoms with van der Waals surface area (Å²) in [7, 11) is 0. The zero-order chi connectivity index (χ0) is 20.3. The lowest BCUT2D eigenvalue weighted by Crippen LogP contribution is -2.61. The van der Waals surface area contributed by atoms with E-state index in [0.29, 0.717) is 26.1 Å². The summed E-state index contributed by atoms with van der Waals surface area (Å²) < 4.78 is 5.27. The van der Waals surface area contributed by atoms with Crippen molar-refractivity contribution in [2.24, 2.45) is 5.92 Å². The smallest absolute Gasteiger partial charge is 0.338 e. The Balaban J connectivity index is 1.56. The highest BCUT2D eigenvalue weighted by Gasteiger charge is 2.56. The van der Waals surface area contributed by atoms with Crippen molar-refractivity contribution in [2.45, 2.75) is 38.1 Å². The lowest BCUT2D eigenvalue weighted by atomic mass is 9.77. The highest BCUT2D eigenvalue weighted by Crippen LogP contribution is 2.40. The van der Waals surface area contributed by atoms with Crippen LogP contribution in [-0.2, 0) is 22.6 Å². The maximum absolute atomic E-state index is 12.7. The van der Waals surface area contributed by atoms with Gasteiger partial charge in [-0.25, -0.2) is 4.79 Å². The molecule has 0 saturated carbocycles. The minimum atomic E-state index is -1.40. The summed E-state index contributed by atoms with van der Waals surface area (Å²) in [6.07, 6.45) is 0.416. The molecule has 2 heterocycles. The van der Waals surface area contributed by atoms with Crippen molar-refractivity contribution in [2.75, 3.05) is 26.2 Å². The molecule has 4 rings (SSSR count). The van der Waals surface area contributed by atoms with E-state index < -0.39 is 11.6 Å². The molecule has 3 unspecified atom stereocenters. The number of hydrogen-bond acceptors (Lipinski definition) is 5. The molecule has 1 N–H and O–H groups in total. The molecule has 0 amide bonds. The van der Waals surface area contributed by atoms with Crippen LogP contribution < -0.4 is 0 Å². The summed E-state index contributed by atoms with van der Waals surface area (Å²) in [6.45, 7) is 5.96. The average Bonchev–Trinajstić information content (AvgIpc) is 3.17. The van der Waals surface area contributed by atoms with Gasteiger partial charge in [0.25, 0.3) is 0 Å². The second-order valence-electron chi connectivity index (χ2n) is 8.20. The molecule has 5 nitrogen and oxygen atoms in total. The lowest BCUT2D eigenvalue weighted by Gasteiger charge is -2.45. The van der Waals surface area contributed by atoms with Gasteiger partial charge in [0.05, 0.1) is 6.61 Å². The van der Waals surface area contributed by atoms with Crippen LogP contribution >= 0.6 is 0 Å². The topological polar surface area (TPSA) is 53.0 Å². The number of benzene rings is 2. The molecule has 2 aliphatic rings. The van der Waals surface area contributed by atoms with Crippen molar-refractivity contribution in [3.63, 3.8) is 0 Å². The van der Waals surface area contributed by atoms with E-state index in [1.165, 1.54) is 11.1 Å². The van der Waals surface area contributed by atoms with Gasteiger partial charge >= 0.3 is 5.97 Å². The third-order valence-corrected chi connectivity index (χ3v) is 6.33. The largest absolute Gasteiger partial charge is 0.464 e. The Morgan fingerprint density at radius 3 is 2.28 bits per heavy atom. The molecule has 0 radical (unpaired) electrons. The van der Waals surface area contributed by atoms with Gasteiger partial charge in [0.2, 0.25) is 0 Å². The summed E-state index contributed by atoms with van der Waals surface area (Å²) in [5.74, 6) is -0.612. The van der Waals surface area contributed by atoms with E-state index >= 15 is 0 Å². The molecular formula is C24H30N2O3. The normalized spacial score (nSPS) is 27.5. The molecular weight excluding hydrogens is 364 g/mol. The van der Waals surface area contributed by atoms with E-state index in [1.54, 1.807) is 6.92 Å². The number of rotatable bonds is 6. The first-order chi connectivity index (χ1) is 14.1. The minimum absolute atomic E-state index is 0.127. The van der Waals surface area contributed by atoms with Crippen LogP contribution in [0.15, 0.2) is 60.7 Å². The maximum Gasteiger partial charge on any atom is 0.338 e. The van der Waals surface area contributed by atoms with E-state index in [0.717, 1.165) is 19.6 Å². The number of esters is 1. The zero-order valence-electron chi connectivity index (χ0n) is 17.0. The fraction of sp³-hybridized carbons (Fsp3) is 0.458. The van der Waals surface area contributed by atoms with Crippen LogP contribution in [0.1, 0.15) is 24.5 Å². The van der Waals surface area contributed by atoms with Crippen LogP contribution in [0.4, 0.5) is 0 Å². The van der Waals surface area contributed by atoms with E-state index in [1.807, 2.05) is 12.1 Å². The highest BCUT2D eigenvalue weighted by atomic mass is 16.5. The van der Waals surface area contributed by atoms with Crippen molar-refractivity contribution in [1.29, 1.82) is 0 Å². The third kappa shape index (κ3) is 4.22. The summed E-state index contributed by atoms with van der Waals surface area (Å²) in [5.41, 5.74) is 1.11. The summed E-state index contributed by atoms with van der Waals surface area (Å²) in [6, 6.07) is 20.9. The molecule has 29 heavy (non-hydrogen) atoms. The summed E-state index contributed by atoms with van der Waals surface area (Å²) in [5, 5.41) is 11.4. The molecule has 0 aromatic heterocycles. The van der Waals surface area contributed by atoms with Crippen LogP contribution in [0.3, 0.4) is 0 Å². The second kappa shape index (κ2) is 8.66. The molecule has 2 saturated heterocycles. The molecule has 0 aliphatic carbocycles. The monoisotopic (exact) mass is 394 g/mol. The number of aliphatic hydroxyl groups is 1. The number of nitrogens with zero attached hydrogens (tertiary/aromatic N) is 2. The SMILES string of the molecule is CCOC(=O)C1(O)CCN(Cc2ccccc2)C2CN(Cc3ccccc3)CC21. The number of carbonyl (C=O) groups excluding carboxylic acids is 1. The minimum Gasteiger partial charge on any atom is -0.464 e. The van der Waals surface area contributed by atoms with Crippen LogP contribution in [0.2, 0.25) is 0 Å². The van der Waals surface area contributed by atoms with Gasteiger partial charge in [-0.2, -0.15) is 0 Å². The van der Waals surface area contributed by atoms with Gasteiger partial charge in [0.15, 0.2) is 5.60 Å². The van der Waals surface area contributed by atoms with Gasteiger partial charge in [0, 0.05) is 51.1 Å². The first kappa shape index (κ1) is 20.1. The maximum atomic E-state index is 12.7. The third-order valence-electron chi connectivity index (χ3n) is 6.33. The van der Waals surface area contributed by atoms with Crippen molar-refractivity contribution < 1.29 is 14.6 Å². The van der Waals surface area contributed by atoms with Crippen molar-refractivity contribution in [1.82, 2.24) is 9.80 Å². The fourth-order valence-corrected chi connectivity index (χ4v) is 4.87. The molecule has 5 heteroatoms. The van der Waals surface area contributed by atoms with Crippen LogP contribution in [-0.4, -0.2) is 58.8 Å². The van der Waals surface area contributed by atoms with Gasteiger partial charge in [-0.15, -0.1) is 0 Å². The standard InChI is InChI=1S/C24H30N2O3/c1-2-29-23(27)24(28)13-14-26(16-20-11-7-4-8-12-20)22-18-25(17-21(22)24)15-19-9-5-3-6-10-19/h3-12,21-22,28H,2,13-18H2,1H3. The van der Waals surface area contributed by atoms with Crippen LogP contribution in [0, 0.1) is 5.92 Å². The van der Waals surface area contributed by atoms with Gasteiger partial charge in [-0.3, -0.25) is 9.80 Å². The number of fused-ring (bicyclic) bond motifs is 1. The Kier molecular flexibility index (Phi) is 5.99. The number of piperidine rings is 1. The summed E-state index contributed by atoms with van der Waals surface area (Å²) >= 11 is 0. The fourth-order valence-electron chi connectivity index (χ4n) is 4.87. The predicted molar refractivity (Wildman–Crippen MR) is 112 cm³/mol. The molecule has 2 fully saturated rings. The average molecular weight is 395 g/mol. The highest BCUT2D eigenvalue weighted by molar-refractivity contribution is 5.80. The molecule has 154 valence electrons. The predicted octanol–water partition coefficient (Wildman–Crippen LogP) is 2.69. The Morgan fingerprint density at radius 2 is 1.66 bits per heavy atom. The number of hydrogen-bond donors (Lipinski definition) is 1. The first-order valence-electron chi connectivity index (χ1n) is 10.5. The quantitative estimate of drug-likeness (QED) is 0.764. The van der Waals surface area contributed by atoms with Gasteiger partial charge in [-0.1, -0.05) is 60.7 Å². The molecule has 0 spiro atoms. The van der Waals surface area contributed by atoms with E-state index in [4.69, 9.17) is 4.74 Å². The van der Waals surface area contributed by atoms with Crippen molar-refractivity contribution >= 4 is 5.97 Å². The van der Waals surface area contributed by atoms with E-state index in [-0.39, 0.29) is 12.0 Å². The lowest BCUT2D eigenvalue weighted by molar-refractivity contribution is -0.180.